The first-order valence-electron chi connectivity index (χ1n) is 11.3. The number of rotatable bonds is 11. The fraction of sp³-hybridized carbons (Fsp3) is 0.259. The summed E-state index contributed by atoms with van der Waals surface area (Å²) in [4.78, 5) is 21.7. The van der Waals surface area contributed by atoms with Gasteiger partial charge in [0.05, 0.1) is 23.9 Å². The lowest BCUT2D eigenvalue weighted by Crippen LogP contribution is -2.38. The molecule has 1 atom stereocenters. The lowest BCUT2D eigenvalue weighted by Gasteiger charge is -2.18. The maximum atomic E-state index is 12.6. The predicted molar refractivity (Wildman–Crippen MR) is 143 cm³/mol. The Balaban J connectivity index is 1.31. The van der Waals surface area contributed by atoms with E-state index in [1.165, 1.54) is 22.9 Å². The zero-order valence-corrected chi connectivity index (χ0v) is 21.7. The SMILES string of the molecule is COc1cccc(CC(NC(=O)CSc2cccc(CSc3nc4ccccc4[nH]3)c2C)OC)c1. The van der Waals surface area contributed by atoms with Crippen molar-refractivity contribution in [3.8, 4) is 5.75 Å². The molecule has 1 amide bonds. The molecule has 0 aliphatic rings. The standard InChI is InChI=1S/C27H29N3O3S2/c1-18-20(16-35-27-28-22-11-4-5-12-23(22)29-27)9-7-13-24(18)34-17-25(31)30-26(33-3)15-19-8-6-10-21(14-19)32-2/h4-14,26H,15-17H2,1-3H3,(H,28,29)(H,30,31). The first kappa shape index (κ1) is 25.2. The maximum Gasteiger partial charge on any atom is 0.232 e. The smallest absolute Gasteiger partial charge is 0.232 e. The van der Waals surface area contributed by atoms with Gasteiger partial charge in [-0.3, -0.25) is 4.79 Å². The number of aromatic nitrogens is 2. The van der Waals surface area contributed by atoms with Crippen molar-refractivity contribution in [1.82, 2.24) is 15.3 Å². The molecule has 1 heterocycles. The Morgan fingerprint density at radius 3 is 2.69 bits per heavy atom. The topological polar surface area (TPSA) is 76.2 Å². The number of hydrogen-bond acceptors (Lipinski definition) is 6. The van der Waals surface area contributed by atoms with Crippen LogP contribution in [0.25, 0.3) is 11.0 Å². The lowest BCUT2D eigenvalue weighted by atomic mass is 10.1. The number of amides is 1. The Morgan fingerprint density at radius 1 is 1.06 bits per heavy atom. The van der Waals surface area contributed by atoms with Crippen LogP contribution in [0.1, 0.15) is 16.7 Å². The minimum atomic E-state index is -0.400. The van der Waals surface area contributed by atoms with E-state index in [2.05, 4.69) is 34.3 Å². The van der Waals surface area contributed by atoms with Crippen molar-refractivity contribution >= 4 is 40.5 Å². The van der Waals surface area contributed by atoms with Crippen LogP contribution in [-0.2, 0) is 21.7 Å². The summed E-state index contributed by atoms with van der Waals surface area (Å²) in [5.74, 6) is 1.84. The van der Waals surface area contributed by atoms with E-state index in [4.69, 9.17) is 9.47 Å². The van der Waals surface area contributed by atoms with Crippen LogP contribution in [0.2, 0.25) is 0 Å². The summed E-state index contributed by atoms with van der Waals surface area (Å²) in [7, 11) is 3.24. The molecule has 0 aliphatic carbocycles. The monoisotopic (exact) mass is 507 g/mol. The largest absolute Gasteiger partial charge is 0.497 e. The van der Waals surface area contributed by atoms with Crippen molar-refractivity contribution in [3.05, 3.63) is 83.4 Å². The summed E-state index contributed by atoms with van der Waals surface area (Å²) in [6.07, 6.45) is 0.167. The molecule has 0 bridgehead atoms. The highest BCUT2D eigenvalue weighted by Crippen LogP contribution is 2.29. The van der Waals surface area contributed by atoms with Crippen LogP contribution in [-0.4, -0.2) is 42.1 Å². The number of aromatic amines is 1. The van der Waals surface area contributed by atoms with E-state index in [0.29, 0.717) is 12.2 Å². The van der Waals surface area contributed by atoms with Gasteiger partial charge in [-0.2, -0.15) is 0 Å². The second kappa shape index (κ2) is 12.2. The molecule has 8 heteroatoms. The minimum absolute atomic E-state index is 0.0637. The van der Waals surface area contributed by atoms with E-state index in [0.717, 1.165) is 38.2 Å². The Kier molecular flexibility index (Phi) is 8.74. The average molecular weight is 508 g/mol. The number of thioether (sulfide) groups is 2. The minimum Gasteiger partial charge on any atom is -0.497 e. The molecule has 2 N–H and O–H groups in total. The maximum absolute atomic E-state index is 12.6. The lowest BCUT2D eigenvalue weighted by molar-refractivity contribution is -0.122. The van der Waals surface area contributed by atoms with Crippen LogP contribution in [0.3, 0.4) is 0 Å². The van der Waals surface area contributed by atoms with E-state index in [-0.39, 0.29) is 5.91 Å². The molecule has 0 saturated heterocycles. The molecule has 0 aliphatic heterocycles. The molecule has 6 nitrogen and oxygen atoms in total. The highest BCUT2D eigenvalue weighted by molar-refractivity contribution is 8.00. The number of ether oxygens (including phenoxy) is 2. The van der Waals surface area contributed by atoms with Gasteiger partial charge >= 0.3 is 0 Å². The molecule has 35 heavy (non-hydrogen) atoms. The quantitative estimate of drug-likeness (QED) is 0.203. The third kappa shape index (κ3) is 6.81. The summed E-state index contributed by atoms with van der Waals surface area (Å²) in [6, 6.07) is 22.0. The number of H-pyrrole nitrogens is 1. The third-order valence-corrected chi connectivity index (χ3v) is 7.73. The van der Waals surface area contributed by atoms with Gasteiger partial charge < -0.3 is 19.8 Å². The summed E-state index contributed by atoms with van der Waals surface area (Å²) in [5.41, 5.74) is 5.47. The fourth-order valence-corrected chi connectivity index (χ4v) is 5.53. The van der Waals surface area contributed by atoms with Crippen molar-refractivity contribution in [1.29, 1.82) is 0 Å². The molecular weight excluding hydrogens is 478 g/mol. The summed E-state index contributed by atoms with van der Waals surface area (Å²) < 4.78 is 10.8. The van der Waals surface area contributed by atoms with Gasteiger partial charge in [0.15, 0.2) is 5.16 Å². The molecule has 4 aromatic rings. The van der Waals surface area contributed by atoms with Crippen LogP contribution in [0, 0.1) is 6.92 Å². The molecule has 182 valence electrons. The van der Waals surface area contributed by atoms with Crippen LogP contribution in [0.4, 0.5) is 0 Å². The van der Waals surface area contributed by atoms with Crippen LogP contribution in [0.15, 0.2) is 76.8 Å². The number of para-hydroxylation sites is 2. The highest BCUT2D eigenvalue weighted by Gasteiger charge is 2.14. The summed E-state index contributed by atoms with van der Waals surface area (Å²) in [6.45, 7) is 2.11. The van der Waals surface area contributed by atoms with Crippen molar-refractivity contribution in [2.45, 2.75) is 35.4 Å². The average Bonchev–Trinajstić information content (AvgIpc) is 3.30. The number of carbonyl (C=O) groups is 1. The van der Waals surface area contributed by atoms with Crippen LogP contribution < -0.4 is 10.1 Å². The van der Waals surface area contributed by atoms with Crippen molar-refractivity contribution in [2.75, 3.05) is 20.0 Å². The third-order valence-electron chi connectivity index (χ3n) is 5.65. The van der Waals surface area contributed by atoms with Crippen molar-refractivity contribution < 1.29 is 14.3 Å². The van der Waals surface area contributed by atoms with Gasteiger partial charge in [-0.25, -0.2) is 4.98 Å². The van der Waals surface area contributed by atoms with E-state index >= 15 is 0 Å². The molecule has 3 aromatic carbocycles. The second-order valence-corrected chi connectivity index (χ2v) is 10.0. The van der Waals surface area contributed by atoms with E-state index in [1.807, 2.05) is 54.6 Å². The molecule has 0 saturated carbocycles. The van der Waals surface area contributed by atoms with Gasteiger partial charge in [-0.15, -0.1) is 11.8 Å². The number of fused-ring (bicyclic) bond motifs is 1. The molecule has 4 rings (SSSR count). The summed E-state index contributed by atoms with van der Waals surface area (Å²) >= 11 is 3.22. The Morgan fingerprint density at radius 2 is 1.89 bits per heavy atom. The highest BCUT2D eigenvalue weighted by atomic mass is 32.2. The second-order valence-electron chi connectivity index (χ2n) is 8.02. The van der Waals surface area contributed by atoms with Gasteiger partial charge in [0.2, 0.25) is 5.91 Å². The normalized spacial score (nSPS) is 12.0. The number of hydrogen-bond donors (Lipinski definition) is 2. The van der Waals surface area contributed by atoms with Crippen LogP contribution in [0.5, 0.6) is 5.75 Å². The zero-order chi connectivity index (χ0) is 24.6. The molecular formula is C27H29N3O3S2. The Hall–Kier alpha value is -2.94. The summed E-state index contributed by atoms with van der Waals surface area (Å²) in [5, 5.41) is 3.88. The van der Waals surface area contributed by atoms with Gasteiger partial charge in [0.25, 0.3) is 0 Å². The zero-order valence-electron chi connectivity index (χ0n) is 20.0. The molecule has 0 spiro atoms. The first-order chi connectivity index (χ1) is 17.1. The van der Waals surface area contributed by atoms with Crippen molar-refractivity contribution in [2.24, 2.45) is 0 Å². The predicted octanol–water partition coefficient (Wildman–Crippen LogP) is 5.60. The number of methoxy groups -OCH3 is 2. The Bertz CT molecular complexity index is 1260. The van der Waals surface area contributed by atoms with E-state index < -0.39 is 6.23 Å². The number of carbonyl (C=O) groups excluding carboxylic acids is 1. The molecule has 0 fully saturated rings. The number of nitrogens with zero attached hydrogens (tertiary/aromatic N) is 1. The van der Waals surface area contributed by atoms with Gasteiger partial charge in [0.1, 0.15) is 12.0 Å². The Labute approximate surface area is 214 Å². The van der Waals surface area contributed by atoms with Crippen molar-refractivity contribution in [3.63, 3.8) is 0 Å². The number of benzene rings is 3. The van der Waals surface area contributed by atoms with Gasteiger partial charge in [-0.1, -0.05) is 48.2 Å². The number of nitrogens with one attached hydrogen (secondary N) is 2. The van der Waals surface area contributed by atoms with E-state index in [1.54, 1.807) is 26.0 Å². The fourth-order valence-electron chi connectivity index (χ4n) is 3.69. The number of imidazole rings is 1. The molecule has 0 radical (unpaired) electrons. The van der Waals surface area contributed by atoms with Gasteiger partial charge in [0, 0.05) is 24.2 Å². The first-order valence-corrected chi connectivity index (χ1v) is 13.3. The molecule has 1 unspecified atom stereocenters. The molecule has 1 aromatic heterocycles. The van der Waals surface area contributed by atoms with E-state index in [9.17, 15) is 4.79 Å². The van der Waals surface area contributed by atoms with Gasteiger partial charge in [-0.05, 0) is 53.9 Å². The van der Waals surface area contributed by atoms with Crippen LogP contribution >= 0.6 is 23.5 Å².